The van der Waals surface area contributed by atoms with Crippen molar-refractivity contribution in [3.8, 4) is 0 Å². The maximum atomic E-state index is 12.9. The lowest BCUT2D eigenvalue weighted by Crippen LogP contribution is -2.41. The van der Waals surface area contributed by atoms with Crippen LogP contribution in [-0.4, -0.2) is 32.4 Å². The van der Waals surface area contributed by atoms with Crippen molar-refractivity contribution in [3.63, 3.8) is 0 Å². The van der Waals surface area contributed by atoms with E-state index in [2.05, 4.69) is 39.2 Å². The van der Waals surface area contributed by atoms with Gasteiger partial charge in [-0.1, -0.05) is 51.1 Å². The number of hydrogen-bond acceptors (Lipinski definition) is 4. The first-order valence-corrected chi connectivity index (χ1v) is 12.8. The van der Waals surface area contributed by atoms with E-state index in [1.54, 1.807) is 20.8 Å². The van der Waals surface area contributed by atoms with Crippen LogP contribution < -0.4 is 5.32 Å². The molecule has 0 unspecified atom stereocenters. The monoisotopic (exact) mass is 407 g/mol. The minimum atomic E-state index is -1.82. The molecule has 1 amide bonds. The summed E-state index contributed by atoms with van der Waals surface area (Å²) < 4.78 is 11.5. The molecule has 0 aliphatic carbocycles. The van der Waals surface area contributed by atoms with Crippen molar-refractivity contribution >= 4 is 20.2 Å². The summed E-state index contributed by atoms with van der Waals surface area (Å²) in [6.45, 7) is 16.9. The summed E-state index contributed by atoms with van der Waals surface area (Å²) in [4.78, 5) is 25.1. The number of benzene rings is 1. The molecule has 0 aromatic heterocycles. The van der Waals surface area contributed by atoms with Gasteiger partial charge in [0.05, 0.1) is 0 Å². The van der Waals surface area contributed by atoms with Crippen LogP contribution in [0.4, 0.5) is 4.79 Å². The van der Waals surface area contributed by atoms with Gasteiger partial charge in [0.25, 0.3) is 0 Å². The van der Waals surface area contributed by atoms with Gasteiger partial charge in [0.1, 0.15) is 11.6 Å². The van der Waals surface area contributed by atoms with E-state index in [9.17, 15) is 9.59 Å². The molecule has 5 nitrogen and oxygen atoms in total. The standard InChI is InChI=1S/C22H37NO4Si/c1-21(2,3)27-20(25)23-19(17-13-10-9-11-14-17)18(24)15-12-16-26-28(7,8)22(4,5)6/h9-11,13-14,19H,12,15-16H2,1-8H3,(H,23,25)/t19-/m1/s1. The SMILES string of the molecule is CC(C)(C)OC(=O)N[C@@H](C(=O)CCCO[Si](C)(C)C(C)(C)C)c1ccccc1. The molecule has 28 heavy (non-hydrogen) atoms. The Labute approximate surface area is 171 Å². The number of rotatable bonds is 8. The minimum absolute atomic E-state index is 0.0455. The Kier molecular flexibility index (Phi) is 8.44. The Bertz CT molecular complexity index is 645. The Hall–Kier alpha value is -1.66. The van der Waals surface area contributed by atoms with E-state index in [0.29, 0.717) is 19.4 Å². The molecule has 6 heteroatoms. The van der Waals surface area contributed by atoms with Crippen LogP contribution in [0.3, 0.4) is 0 Å². The van der Waals surface area contributed by atoms with Crippen molar-refractivity contribution in [2.45, 2.75) is 84.2 Å². The summed E-state index contributed by atoms with van der Waals surface area (Å²) in [5.41, 5.74) is 0.134. The van der Waals surface area contributed by atoms with E-state index >= 15 is 0 Å². The molecule has 1 rings (SSSR count). The molecule has 0 saturated carbocycles. The highest BCUT2D eigenvalue weighted by Gasteiger charge is 2.37. The Morgan fingerprint density at radius 2 is 1.61 bits per heavy atom. The highest BCUT2D eigenvalue weighted by atomic mass is 28.4. The van der Waals surface area contributed by atoms with Crippen molar-refractivity contribution in [2.24, 2.45) is 0 Å². The number of amides is 1. The maximum Gasteiger partial charge on any atom is 0.408 e. The summed E-state index contributed by atoms with van der Waals surface area (Å²) in [5.74, 6) is -0.0455. The number of nitrogens with one attached hydrogen (secondary N) is 1. The number of alkyl carbamates (subject to hydrolysis) is 1. The van der Waals surface area contributed by atoms with Crippen molar-refractivity contribution in [1.82, 2.24) is 5.32 Å². The summed E-state index contributed by atoms with van der Waals surface area (Å²) in [5, 5.41) is 2.87. The zero-order chi connectivity index (χ0) is 21.6. The van der Waals surface area contributed by atoms with Crippen molar-refractivity contribution < 1.29 is 18.8 Å². The molecule has 0 spiro atoms. The Morgan fingerprint density at radius 3 is 2.11 bits per heavy atom. The average Bonchev–Trinajstić information content (AvgIpc) is 2.54. The Morgan fingerprint density at radius 1 is 1.04 bits per heavy atom. The van der Waals surface area contributed by atoms with Crippen LogP contribution in [0.1, 0.15) is 66.0 Å². The van der Waals surface area contributed by atoms with Gasteiger partial charge < -0.3 is 14.5 Å². The number of carbonyl (C=O) groups is 2. The second kappa shape index (κ2) is 9.70. The molecule has 0 aliphatic heterocycles. The summed E-state index contributed by atoms with van der Waals surface area (Å²) in [6.07, 6.45) is 0.376. The molecule has 0 heterocycles. The first-order chi connectivity index (χ1) is 12.7. The lowest BCUT2D eigenvalue weighted by atomic mass is 10.00. The lowest BCUT2D eigenvalue weighted by Gasteiger charge is -2.36. The van der Waals surface area contributed by atoms with Crippen LogP contribution in [0, 0.1) is 0 Å². The van der Waals surface area contributed by atoms with E-state index in [1.807, 2.05) is 30.3 Å². The average molecular weight is 408 g/mol. The molecule has 1 N–H and O–H groups in total. The van der Waals surface area contributed by atoms with Crippen molar-refractivity contribution in [1.29, 1.82) is 0 Å². The fraction of sp³-hybridized carbons (Fsp3) is 0.636. The van der Waals surface area contributed by atoms with Gasteiger partial charge in [-0.05, 0) is 50.9 Å². The highest BCUT2D eigenvalue weighted by molar-refractivity contribution is 6.74. The van der Waals surface area contributed by atoms with Gasteiger partial charge in [-0.25, -0.2) is 4.79 Å². The van der Waals surface area contributed by atoms with Gasteiger partial charge in [-0.2, -0.15) is 0 Å². The predicted molar refractivity (Wildman–Crippen MR) is 116 cm³/mol. The molecule has 1 aromatic carbocycles. The first-order valence-electron chi connectivity index (χ1n) is 9.94. The van der Waals surface area contributed by atoms with E-state index in [1.165, 1.54) is 0 Å². The second-order valence-electron chi connectivity index (χ2n) is 9.67. The van der Waals surface area contributed by atoms with E-state index in [-0.39, 0.29) is 10.8 Å². The predicted octanol–water partition coefficient (Wildman–Crippen LogP) is 5.62. The molecule has 0 fully saturated rings. The lowest BCUT2D eigenvalue weighted by molar-refractivity contribution is -0.121. The summed E-state index contributed by atoms with van der Waals surface area (Å²) in [7, 11) is -1.82. The quantitative estimate of drug-likeness (QED) is 0.448. The second-order valence-corrected chi connectivity index (χ2v) is 14.5. The molecular weight excluding hydrogens is 370 g/mol. The van der Waals surface area contributed by atoms with Crippen LogP contribution in [0.2, 0.25) is 18.1 Å². The molecule has 158 valence electrons. The fourth-order valence-corrected chi connectivity index (χ4v) is 3.44. The third-order valence-corrected chi connectivity index (χ3v) is 9.49. The van der Waals surface area contributed by atoms with Crippen LogP contribution in [0.25, 0.3) is 0 Å². The first kappa shape index (κ1) is 24.4. The number of hydrogen-bond donors (Lipinski definition) is 1. The van der Waals surface area contributed by atoms with E-state index in [0.717, 1.165) is 5.56 Å². The van der Waals surface area contributed by atoms with Gasteiger partial charge in [0.2, 0.25) is 0 Å². The molecule has 0 bridgehead atoms. The third kappa shape index (κ3) is 8.15. The normalized spacial score (nSPS) is 13.7. The van der Waals surface area contributed by atoms with Gasteiger partial charge in [-0.3, -0.25) is 4.79 Å². The van der Waals surface area contributed by atoms with Gasteiger partial charge in [0.15, 0.2) is 14.1 Å². The molecule has 1 atom stereocenters. The molecule has 0 saturated heterocycles. The van der Waals surface area contributed by atoms with Crippen LogP contribution in [0.15, 0.2) is 30.3 Å². The van der Waals surface area contributed by atoms with Gasteiger partial charge >= 0.3 is 6.09 Å². The van der Waals surface area contributed by atoms with Crippen molar-refractivity contribution in [2.75, 3.05) is 6.61 Å². The smallest absolute Gasteiger partial charge is 0.408 e. The van der Waals surface area contributed by atoms with Crippen LogP contribution >= 0.6 is 0 Å². The number of ether oxygens (including phenoxy) is 1. The highest BCUT2D eigenvalue weighted by Crippen LogP contribution is 2.36. The molecular formula is C22H37NO4Si. The molecule has 0 radical (unpaired) electrons. The zero-order valence-corrected chi connectivity index (χ0v) is 19.7. The number of carbonyl (C=O) groups excluding carboxylic acids is 2. The van der Waals surface area contributed by atoms with Crippen molar-refractivity contribution in [3.05, 3.63) is 35.9 Å². The minimum Gasteiger partial charge on any atom is -0.444 e. The van der Waals surface area contributed by atoms with E-state index in [4.69, 9.17) is 9.16 Å². The van der Waals surface area contributed by atoms with E-state index < -0.39 is 26.1 Å². The van der Waals surface area contributed by atoms with Crippen LogP contribution in [-0.2, 0) is 14.0 Å². The third-order valence-electron chi connectivity index (χ3n) is 4.95. The largest absolute Gasteiger partial charge is 0.444 e. The zero-order valence-electron chi connectivity index (χ0n) is 18.7. The Balaban J connectivity index is 2.72. The fourth-order valence-electron chi connectivity index (χ4n) is 2.36. The maximum absolute atomic E-state index is 12.9. The van der Waals surface area contributed by atoms with Gasteiger partial charge in [-0.15, -0.1) is 0 Å². The van der Waals surface area contributed by atoms with Crippen LogP contribution in [0.5, 0.6) is 0 Å². The number of ketones is 1. The summed E-state index contributed by atoms with van der Waals surface area (Å²) >= 11 is 0. The summed E-state index contributed by atoms with van der Waals surface area (Å²) in [6, 6.07) is 8.55. The van der Waals surface area contributed by atoms with Gasteiger partial charge in [0, 0.05) is 13.0 Å². The molecule has 0 aliphatic rings. The number of Topliss-reactive ketones (excluding diaryl/α,β-unsaturated/α-hetero) is 1. The topological polar surface area (TPSA) is 64.6 Å². The molecule has 1 aromatic rings.